The minimum atomic E-state index is -0.128. The molecular formula is C20H20N2O2. The van der Waals surface area contributed by atoms with Crippen molar-refractivity contribution in [1.82, 2.24) is 5.32 Å². The van der Waals surface area contributed by atoms with Crippen LogP contribution in [0.15, 0.2) is 48.5 Å². The van der Waals surface area contributed by atoms with Gasteiger partial charge in [0.15, 0.2) is 6.61 Å². The zero-order valence-corrected chi connectivity index (χ0v) is 13.7. The Morgan fingerprint density at radius 3 is 2.46 bits per heavy atom. The SMILES string of the molecule is Cc1ccc([C@@H](NC(=O)COc2ccc(C#N)cc2)C2CC2)cc1. The fourth-order valence-corrected chi connectivity index (χ4v) is 2.67. The third-order valence-corrected chi connectivity index (χ3v) is 4.20. The summed E-state index contributed by atoms with van der Waals surface area (Å²) in [5.41, 5.74) is 2.93. The summed E-state index contributed by atoms with van der Waals surface area (Å²) in [6.45, 7) is 2.03. The third-order valence-electron chi connectivity index (χ3n) is 4.20. The maximum Gasteiger partial charge on any atom is 0.258 e. The number of nitrogens with one attached hydrogen (secondary N) is 1. The molecule has 0 saturated heterocycles. The second kappa shape index (κ2) is 7.18. The summed E-state index contributed by atoms with van der Waals surface area (Å²) in [6.07, 6.45) is 2.30. The number of ether oxygens (including phenoxy) is 1. The van der Waals surface area contributed by atoms with Gasteiger partial charge in [-0.25, -0.2) is 0 Å². The fraction of sp³-hybridized carbons (Fsp3) is 0.300. The Morgan fingerprint density at radius 1 is 1.21 bits per heavy atom. The molecule has 1 fully saturated rings. The van der Waals surface area contributed by atoms with Crippen molar-refractivity contribution in [2.24, 2.45) is 5.92 Å². The molecule has 0 unspecified atom stereocenters. The van der Waals surface area contributed by atoms with Crippen molar-refractivity contribution < 1.29 is 9.53 Å². The van der Waals surface area contributed by atoms with Crippen molar-refractivity contribution in [2.75, 3.05) is 6.61 Å². The second-order valence-corrected chi connectivity index (χ2v) is 6.22. The van der Waals surface area contributed by atoms with Gasteiger partial charge in [-0.2, -0.15) is 5.26 Å². The zero-order valence-electron chi connectivity index (χ0n) is 13.7. The van der Waals surface area contributed by atoms with Crippen LogP contribution >= 0.6 is 0 Å². The van der Waals surface area contributed by atoms with E-state index < -0.39 is 0 Å². The number of rotatable bonds is 6. The Labute approximate surface area is 142 Å². The molecule has 1 N–H and O–H groups in total. The Kier molecular flexibility index (Phi) is 4.81. The van der Waals surface area contributed by atoms with E-state index in [9.17, 15) is 4.79 Å². The van der Waals surface area contributed by atoms with Crippen LogP contribution < -0.4 is 10.1 Å². The number of aryl methyl sites for hydroxylation is 1. The second-order valence-electron chi connectivity index (χ2n) is 6.22. The number of hydrogen-bond acceptors (Lipinski definition) is 3. The molecule has 1 atom stereocenters. The minimum Gasteiger partial charge on any atom is -0.484 e. The highest BCUT2D eigenvalue weighted by molar-refractivity contribution is 5.78. The summed E-state index contributed by atoms with van der Waals surface area (Å²) >= 11 is 0. The highest BCUT2D eigenvalue weighted by atomic mass is 16.5. The number of benzene rings is 2. The maximum atomic E-state index is 12.2. The number of carbonyl (C=O) groups is 1. The van der Waals surface area contributed by atoms with Crippen molar-refractivity contribution in [1.29, 1.82) is 5.26 Å². The van der Waals surface area contributed by atoms with Crippen LogP contribution in [-0.2, 0) is 4.79 Å². The zero-order chi connectivity index (χ0) is 16.9. The number of nitriles is 1. The van der Waals surface area contributed by atoms with Gasteiger partial charge in [-0.1, -0.05) is 29.8 Å². The van der Waals surface area contributed by atoms with E-state index in [0.29, 0.717) is 17.2 Å². The summed E-state index contributed by atoms with van der Waals surface area (Å²) in [4.78, 5) is 12.2. The lowest BCUT2D eigenvalue weighted by molar-refractivity contribution is -0.124. The molecule has 0 radical (unpaired) electrons. The van der Waals surface area contributed by atoms with Crippen molar-refractivity contribution in [3.8, 4) is 11.8 Å². The lowest BCUT2D eigenvalue weighted by atomic mass is 10.0. The maximum absolute atomic E-state index is 12.2. The monoisotopic (exact) mass is 320 g/mol. The van der Waals surface area contributed by atoms with Gasteiger partial charge in [0.05, 0.1) is 17.7 Å². The quantitative estimate of drug-likeness (QED) is 0.886. The lowest BCUT2D eigenvalue weighted by Crippen LogP contribution is -2.33. The molecule has 0 aliphatic heterocycles. The van der Waals surface area contributed by atoms with Crippen LogP contribution in [0.4, 0.5) is 0 Å². The molecular weight excluding hydrogens is 300 g/mol. The molecule has 4 nitrogen and oxygen atoms in total. The summed E-state index contributed by atoms with van der Waals surface area (Å²) < 4.78 is 5.50. The molecule has 0 bridgehead atoms. The molecule has 4 heteroatoms. The number of nitrogens with zero attached hydrogens (tertiary/aromatic N) is 1. The van der Waals surface area contributed by atoms with Gasteiger partial charge < -0.3 is 10.1 Å². The van der Waals surface area contributed by atoms with Crippen molar-refractivity contribution in [3.63, 3.8) is 0 Å². The van der Waals surface area contributed by atoms with Crippen molar-refractivity contribution in [3.05, 3.63) is 65.2 Å². The summed E-state index contributed by atoms with van der Waals surface area (Å²) in [5, 5.41) is 11.9. The van der Waals surface area contributed by atoms with Crippen LogP contribution in [0, 0.1) is 24.2 Å². The topological polar surface area (TPSA) is 62.1 Å². The average molecular weight is 320 g/mol. The molecule has 0 aromatic heterocycles. The van der Waals surface area contributed by atoms with Gasteiger partial charge in [-0.3, -0.25) is 4.79 Å². The minimum absolute atomic E-state index is 0.0268. The van der Waals surface area contributed by atoms with E-state index in [1.54, 1.807) is 24.3 Å². The van der Waals surface area contributed by atoms with E-state index in [0.717, 1.165) is 18.4 Å². The first-order chi connectivity index (χ1) is 11.7. The Hall–Kier alpha value is -2.80. The van der Waals surface area contributed by atoms with E-state index in [4.69, 9.17) is 10.00 Å². The van der Waals surface area contributed by atoms with E-state index in [1.165, 1.54) is 5.56 Å². The molecule has 2 aromatic carbocycles. The lowest BCUT2D eigenvalue weighted by Gasteiger charge is -2.19. The number of hydrogen-bond donors (Lipinski definition) is 1. The standard InChI is InChI=1S/C20H20N2O2/c1-14-2-6-16(7-3-14)20(17-8-9-17)22-19(23)13-24-18-10-4-15(12-21)5-11-18/h2-7,10-11,17,20H,8-9,13H2,1H3,(H,22,23)/t20-/m1/s1. The summed E-state index contributed by atoms with van der Waals surface area (Å²) in [6, 6.07) is 17.2. The van der Waals surface area contributed by atoms with Crippen LogP contribution in [0.3, 0.4) is 0 Å². The highest BCUT2D eigenvalue weighted by Crippen LogP contribution is 2.41. The fourth-order valence-electron chi connectivity index (χ4n) is 2.67. The molecule has 1 saturated carbocycles. The first kappa shape index (κ1) is 16.1. The molecule has 122 valence electrons. The van der Waals surface area contributed by atoms with E-state index in [1.807, 2.05) is 0 Å². The number of carbonyl (C=O) groups excluding carboxylic acids is 1. The van der Waals surface area contributed by atoms with Gasteiger partial charge in [0.25, 0.3) is 5.91 Å². The van der Waals surface area contributed by atoms with Gasteiger partial charge in [-0.05, 0) is 55.5 Å². The predicted molar refractivity (Wildman–Crippen MR) is 91.4 cm³/mol. The van der Waals surface area contributed by atoms with Gasteiger partial charge in [-0.15, -0.1) is 0 Å². The normalized spacial score (nSPS) is 14.5. The third kappa shape index (κ3) is 4.14. The molecule has 24 heavy (non-hydrogen) atoms. The summed E-state index contributed by atoms with van der Waals surface area (Å²) in [7, 11) is 0. The van der Waals surface area contributed by atoms with Crippen LogP contribution in [0.25, 0.3) is 0 Å². The molecule has 1 amide bonds. The van der Waals surface area contributed by atoms with Crippen LogP contribution in [0.2, 0.25) is 0 Å². The molecule has 0 heterocycles. The predicted octanol–water partition coefficient (Wildman–Crippen LogP) is 3.51. The van der Waals surface area contributed by atoms with E-state index in [-0.39, 0.29) is 18.6 Å². The molecule has 0 spiro atoms. The average Bonchev–Trinajstić information content (AvgIpc) is 3.44. The molecule has 1 aliphatic rings. The molecule has 3 rings (SSSR count). The Bertz CT molecular complexity index is 741. The van der Waals surface area contributed by atoms with Crippen molar-refractivity contribution in [2.45, 2.75) is 25.8 Å². The highest BCUT2D eigenvalue weighted by Gasteiger charge is 2.33. The first-order valence-electron chi connectivity index (χ1n) is 8.14. The van der Waals surface area contributed by atoms with Crippen molar-refractivity contribution >= 4 is 5.91 Å². The van der Waals surface area contributed by atoms with Crippen LogP contribution in [-0.4, -0.2) is 12.5 Å². The molecule has 1 aliphatic carbocycles. The van der Waals surface area contributed by atoms with Crippen LogP contribution in [0.1, 0.15) is 35.6 Å². The summed E-state index contributed by atoms with van der Waals surface area (Å²) in [5.74, 6) is 0.978. The van der Waals surface area contributed by atoms with E-state index >= 15 is 0 Å². The van der Waals surface area contributed by atoms with Gasteiger partial charge in [0.1, 0.15) is 5.75 Å². The van der Waals surface area contributed by atoms with Gasteiger partial charge >= 0.3 is 0 Å². The largest absolute Gasteiger partial charge is 0.484 e. The van der Waals surface area contributed by atoms with Crippen LogP contribution in [0.5, 0.6) is 5.75 Å². The Morgan fingerprint density at radius 2 is 1.88 bits per heavy atom. The number of amides is 1. The van der Waals surface area contributed by atoms with E-state index in [2.05, 4.69) is 42.6 Å². The smallest absolute Gasteiger partial charge is 0.258 e. The Balaban J connectivity index is 1.57. The van der Waals surface area contributed by atoms with Gasteiger partial charge in [0.2, 0.25) is 0 Å². The van der Waals surface area contributed by atoms with Gasteiger partial charge in [0, 0.05) is 0 Å². The molecule has 2 aromatic rings. The first-order valence-corrected chi connectivity index (χ1v) is 8.14.